The molecular weight excluding hydrogens is 243 g/mol. The zero-order valence-electron chi connectivity index (χ0n) is 11.3. The Morgan fingerprint density at radius 3 is 2.47 bits per heavy atom. The van der Waals surface area contributed by atoms with Crippen LogP contribution in [0.3, 0.4) is 0 Å². The third-order valence-corrected chi connectivity index (χ3v) is 3.01. The molecule has 3 N–H and O–H groups in total. The first-order valence-electron chi connectivity index (χ1n) is 6.93. The number of unbranched alkanes of at least 4 members (excludes halogenated alkanes) is 3. The number of carbonyl (C=O) groups is 1. The van der Waals surface area contributed by atoms with E-state index < -0.39 is 0 Å². The molecule has 1 aromatic carbocycles. The third kappa shape index (κ3) is 7.57. The van der Waals surface area contributed by atoms with Gasteiger partial charge in [-0.2, -0.15) is 0 Å². The minimum Gasteiger partial charge on any atom is -0.356 e. The minimum atomic E-state index is -0.231. The van der Waals surface area contributed by atoms with E-state index in [4.69, 9.17) is 5.73 Å². The van der Waals surface area contributed by atoms with Crippen LogP contribution in [-0.4, -0.2) is 19.0 Å². The van der Waals surface area contributed by atoms with Crippen molar-refractivity contribution in [3.05, 3.63) is 35.6 Å². The molecule has 1 aromatic rings. The van der Waals surface area contributed by atoms with Crippen LogP contribution in [-0.2, 0) is 11.2 Å². The van der Waals surface area contributed by atoms with E-state index >= 15 is 0 Å². The van der Waals surface area contributed by atoms with Crippen molar-refractivity contribution in [1.29, 1.82) is 0 Å². The van der Waals surface area contributed by atoms with Gasteiger partial charge in [0.05, 0.1) is 0 Å². The molecule has 0 spiro atoms. The third-order valence-electron chi connectivity index (χ3n) is 3.01. The number of rotatable bonds is 9. The van der Waals surface area contributed by atoms with Crippen LogP contribution < -0.4 is 11.1 Å². The molecule has 0 radical (unpaired) electrons. The minimum absolute atomic E-state index is 0.0925. The molecule has 0 aliphatic carbocycles. The fourth-order valence-corrected chi connectivity index (χ4v) is 1.87. The van der Waals surface area contributed by atoms with Gasteiger partial charge in [0.25, 0.3) is 0 Å². The van der Waals surface area contributed by atoms with Gasteiger partial charge in [-0.15, -0.1) is 0 Å². The molecule has 0 saturated carbocycles. The zero-order valence-corrected chi connectivity index (χ0v) is 11.3. The molecule has 0 aliphatic heterocycles. The molecule has 0 fully saturated rings. The van der Waals surface area contributed by atoms with Gasteiger partial charge >= 0.3 is 0 Å². The van der Waals surface area contributed by atoms with Crippen LogP contribution in [0.15, 0.2) is 24.3 Å². The normalized spacial score (nSPS) is 10.4. The van der Waals surface area contributed by atoms with Gasteiger partial charge in [0.15, 0.2) is 0 Å². The molecule has 0 atom stereocenters. The van der Waals surface area contributed by atoms with E-state index in [-0.39, 0.29) is 11.7 Å². The fourth-order valence-electron chi connectivity index (χ4n) is 1.87. The van der Waals surface area contributed by atoms with Gasteiger partial charge in [-0.1, -0.05) is 25.0 Å². The second-order valence-electron chi connectivity index (χ2n) is 4.68. The maximum atomic E-state index is 12.7. The Kier molecular flexibility index (Phi) is 7.82. The van der Waals surface area contributed by atoms with Crippen molar-refractivity contribution in [2.24, 2.45) is 5.73 Å². The van der Waals surface area contributed by atoms with Gasteiger partial charge in [0, 0.05) is 13.0 Å². The first-order valence-corrected chi connectivity index (χ1v) is 6.93. The lowest BCUT2D eigenvalue weighted by Crippen LogP contribution is -2.25. The van der Waals surface area contributed by atoms with Crippen molar-refractivity contribution in [3.8, 4) is 0 Å². The zero-order chi connectivity index (χ0) is 13.9. The Hall–Kier alpha value is -1.42. The molecule has 0 bridgehead atoms. The van der Waals surface area contributed by atoms with Crippen molar-refractivity contribution in [1.82, 2.24) is 5.32 Å². The molecule has 0 saturated heterocycles. The maximum Gasteiger partial charge on any atom is 0.220 e. The van der Waals surface area contributed by atoms with Crippen LogP contribution in [0.2, 0.25) is 0 Å². The number of benzene rings is 1. The Balaban J connectivity index is 2.05. The Morgan fingerprint density at radius 2 is 1.79 bits per heavy atom. The van der Waals surface area contributed by atoms with Crippen molar-refractivity contribution >= 4 is 5.91 Å². The number of nitrogens with two attached hydrogens (primary N) is 1. The average molecular weight is 266 g/mol. The summed E-state index contributed by atoms with van der Waals surface area (Å²) in [6, 6.07) is 6.37. The van der Waals surface area contributed by atoms with Crippen molar-refractivity contribution in [2.75, 3.05) is 13.1 Å². The number of hydrogen-bond acceptors (Lipinski definition) is 2. The van der Waals surface area contributed by atoms with Crippen LogP contribution in [0.5, 0.6) is 0 Å². The van der Waals surface area contributed by atoms with Crippen molar-refractivity contribution in [3.63, 3.8) is 0 Å². The highest BCUT2D eigenvalue weighted by Crippen LogP contribution is 2.04. The topological polar surface area (TPSA) is 55.1 Å². The predicted molar refractivity (Wildman–Crippen MR) is 75.3 cm³/mol. The molecule has 0 aromatic heterocycles. The van der Waals surface area contributed by atoms with E-state index in [1.807, 2.05) is 0 Å². The van der Waals surface area contributed by atoms with E-state index in [9.17, 15) is 9.18 Å². The summed E-state index contributed by atoms with van der Waals surface area (Å²) in [5, 5.41) is 2.88. The van der Waals surface area contributed by atoms with E-state index in [2.05, 4.69) is 5.32 Å². The van der Waals surface area contributed by atoms with Crippen LogP contribution in [0.1, 0.15) is 37.7 Å². The number of amides is 1. The summed E-state index contributed by atoms with van der Waals surface area (Å²) >= 11 is 0. The first-order chi connectivity index (χ1) is 9.22. The summed E-state index contributed by atoms with van der Waals surface area (Å²) in [6.45, 7) is 1.33. The van der Waals surface area contributed by atoms with Gasteiger partial charge in [-0.25, -0.2) is 4.39 Å². The molecule has 0 unspecified atom stereocenters. The number of halogens is 1. The lowest BCUT2D eigenvalue weighted by Gasteiger charge is -2.05. The fraction of sp³-hybridized carbons (Fsp3) is 0.533. The van der Waals surface area contributed by atoms with Gasteiger partial charge in [0.1, 0.15) is 5.82 Å². The van der Waals surface area contributed by atoms with Gasteiger partial charge in [0.2, 0.25) is 5.91 Å². The van der Waals surface area contributed by atoms with E-state index in [0.29, 0.717) is 13.0 Å². The summed E-state index contributed by atoms with van der Waals surface area (Å²) in [7, 11) is 0. The largest absolute Gasteiger partial charge is 0.356 e. The molecule has 1 amide bonds. The molecule has 4 heteroatoms. The SMILES string of the molecule is NCCCCCCC(=O)NCCc1ccc(F)cc1. The van der Waals surface area contributed by atoms with Gasteiger partial charge < -0.3 is 11.1 Å². The van der Waals surface area contributed by atoms with Crippen LogP contribution in [0.4, 0.5) is 4.39 Å². The number of carbonyl (C=O) groups excluding carboxylic acids is 1. The summed E-state index contributed by atoms with van der Waals surface area (Å²) in [6.07, 6.45) is 5.42. The lowest BCUT2D eigenvalue weighted by atomic mass is 10.1. The maximum absolute atomic E-state index is 12.7. The van der Waals surface area contributed by atoms with Crippen molar-refractivity contribution in [2.45, 2.75) is 38.5 Å². The van der Waals surface area contributed by atoms with Gasteiger partial charge in [-0.3, -0.25) is 4.79 Å². The van der Waals surface area contributed by atoms with E-state index in [1.54, 1.807) is 12.1 Å². The molecule has 106 valence electrons. The Bertz CT molecular complexity index is 365. The molecule has 0 aliphatic rings. The second-order valence-corrected chi connectivity index (χ2v) is 4.68. The van der Waals surface area contributed by atoms with Crippen LogP contribution in [0.25, 0.3) is 0 Å². The second kappa shape index (κ2) is 9.50. The van der Waals surface area contributed by atoms with Crippen LogP contribution >= 0.6 is 0 Å². The highest BCUT2D eigenvalue weighted by atomic mass is 19.1. The summed E-state index contributed by atoms with van der Waals surface area (Å²) in [5.41, 5.74) is 6.43. The highest BCUT2D eigenvalue weighted by molar-refractivity contribution is 5.75. The first kappa shape index (κ1) is 15.6. The standard InChI is InChI=1S/C15H23FN2O/c16-14-8-6-13(7-9-14)10-12-18-15(19)5-3-1-2-4-11-17/h6-9H,1-5,10-12,17H2,(H,18,19). The smallest absolute Gasteiger partial charge is 0.220 e. The molecular formula is C15H23FN2O. The highest BCUT2D eigenvalue weighted by Gasteiger charge is 2.01. The Morgan fingerprint density at radius 1 is 1.11 bits per heavy atom. The van der Waals surface area contributed by atoms with Crippen LogP contribution in [0, 0.1) is 5.82 Å². The monoisotopic (exact) mass is 266 g/mol. The number of nitrogens with one attached hydrogen (secondary N) is 1. The van der Waals surface area contributed by atoms with Crippen molar-refractivity contribution < 1.29 is 9.18 Å². The quantitative estimate of drug-likeness (QED) is 0.674. The molecule has 0 heterocycles. The molecule has 1 rings (SSSR count). The number of hydrogen-bond donors (Lipinski definition) is 2. The average Bonchev–Trinajstić information content (AvgIpc) is 2.41. The summed E-state index contributed by atoms with van der Waals surface area (Å²) in [5.74, 6) is -0.139. The Labute approximate surface area is 114 Å². The predicted octanol–water partition coefficient (Wildman–Crippen LogP) is 2.39. The van der Waals surface area contributed by atoms with E-state index in [1.165, 1.54) is 12.1 Å². The van der Waals surface area contributed by atoms with Gasteiger partial charge in [-0.05, 0) is 43.5 Å². The van der Waals surface area contributed by atoms with E-state index in [0.717, 1.165) is 44.2 Å². The molecule has 19 heavy (non-hydrogen) atoms. The summed E-state index contributed by atoms with van der Waals surface area (Å²) in [4.78, 5) is 11.5. The lowest BCUT2D eigenvalue weighted by molar-refractivity contribution is -0.121. The molecule has 3 nitrogen and oxygen atoms in total. The summed E-state index contributed by atoms with van der Waals surface area (Å²) < 4.78 is 12.7.